The highest BCUT2D eigenvalue weighted by Crippen LogP contribution is 2.34. The lowest BCUT2D eigenvalue weighted by Gasteiger charge is -2.06. The predicted octanol–water partition coefficient (Wildman–Crippen LogP) is 3.97. The third-order valence-corrected chi connectivity index (χ3v) is 3.03. The Morgan fingerprint density at radius 3 is 2.68 bits per heavy atom. The standard InChI is InChI=1S/C12H8Cl2N2O3/c1-19-11-4-7(6-15-12(11)16(17)18)9-5-8(13)2-3-10(9)14/h2-6H,1H3. The van der Waals surface area contributed by atoms with Crippen molar-refractivity contribution in [3.63, 3.8) is 0 Å². The summed E-state index contributed by atoms with van der Waals surface area (Å²) in [5.74, 6) is -0.275. The average Bonchev–Trinajstić information content (AvgIpc) is 2.40. The fourth-order valence-electron chi connectivity index (χ4n) is 1.59. The number of nitro groups is 1. The molecule has 0 radical (unpaired) electrons. The number of hydrogen-bond acceptors (Lipinski definition) is 4. The van der Waals surface area contributed by atoms with E-state index in [2.05, 4.69) is 4.98 Å². The van der Waals surface area contributed by atoms with Crippen LogP contribution in [0, 0.1) is 10.1 Å². The number of nitrogens with zero attached hydrogens (tertiary/aromatic N) is 2. The molecule has 0 unspecified atom stereocenters. The Balaban J connectivity index is 2.57. The lowest BCUT2D eigenvalue weighted by atomic mass is 10.1. The molecular weight excluding hydrogens is 291 g/mol. The molecule has 0 N–H and O–H groups in total. The van der Waals surface area contributed by atoms with Gasteiger partial charge < -0.3 is 14.9 Å². The van der Waals surface area contributed by atoms with E-state index in [4.69, 9.17) is 27.9 Å². The van der Waals surface area contributed by atoms with Crippen LogP contribution in [0.25, 0.3) is 11.1 Å². The van der Waals surface area contributed by atoms with Crippen molar-refractivity contribution in [3.8, 4) is 16.9 Å². The number of benzene rings is 1. The Bertz CT molecular complexity index is 647. The van der Waals surface area contributed by atoms with E-state index in [1.54, 1.807) is 18.2 Å². The smallest absolute Gasteiger partial charge is 0.406 e. The Kier molecular flexibility index (Phi) is 3.87. The Hall–Kier alpha value is -1.85. The van der Waals surface area contributed by atoms with Crippen LogP contribution < -0.4 is 4.74 Å². The van der Waals surface area contributed by atoms with Crippen LogP contribution in [-0.4, -0.2) is 17.0 Å². The van der Waals surface area contributed by atoms with E-state index < -0.39 is 4.92 Å². The van der Waals surface area contributed by atoms with Gasteiger partial charge in [0.05, 0.1) is 7.11 Å². The average molecular weight is 299 g/mol. The molecule has 0 aliphatic rings. The van der Waals surface area contributed by atoms with Crippen molar-refractivity contribution < 1.29 is 9.66 Å². The summed E-state index contributed by atoms with van der Waals surface area (Å²) in [6.07, 6.45) is 1.36. The molecule has 19 heavy (non-hydrogen) atoms. The van der Waals surface area contributed by atoms with Gasteiger partial charge in [0, 0.05) is 27.2 Å². The molecule has 0 saturated heterocycles. The molecule has 5 nitrogen and oxygen atoms in total. The number of methoxy groups -OCH3 is 1. The first-order valence-corrected chi connectivity index (χ1v) is 5.92. The zero-order valence-electron chi connectivity index (χ0n) is 9.76. The Morgan fingerprint density at radius 2 is 2.05 bits per heavy atom. The van der Waals surface area contributed by atoms with Gasteiger partial charge in [0.2, 0.25) is 5.75 Å². The maximum absolute atomic E-state index is 10.8. The molecule has 2 rings (SSSR count). The van der Waals surface area contributed by atoms with E-state index in [1.165, 1.54) is 19.4 Å². The number of ether oxygens (including phenoxy) is 1. The lowest BCUT2D eigenvalue weighted by molar-refractivity contribution is -0.390. The third-order valence-electron chi connectivity index (χ3n) is 2.47. The molecule has 1 aromatic heterocycles. The highest BCUT2D eigenvalue weighted by atomic mass is 35.5. The van der Waals surface area contributed by atoms with Gasteiger partial charge in [-0.3, -0.25) is 0 Å². The Morgan fingerprint density at radius 1 is 1.32 bits per heavy atom. The SMILES string of the molecule is COc1cc(-c2cc(Cl)ccc2Cl)cnc1[N+](=O)[O-]. The summed E-state index contributed by atoms with van der Waals surface area (Å²) in [5.41, 5.74) is 1.23. The first-order chi connectivity index (χ1) is 9.02. The summed E-state index contributed by atoms with van der Waals surface area (Å²) in [4.78, 5) is 13.9. The lowest BCUT2D eigenvalue weighted by Crippen LogP contribution is -1.97. The van der Waals surface area contributed by atoms with Crippen molar-refractivity contribution in [2.24, 2.45) is 0 Å². The largest absolute Gasteiger partial charge is 0.489 e. The fraction of sp³-hybridized carbons (Fsp3) is 0.0833. The van der Waals surface area contributed by atoms with E-state index in [0.717, 1.165) is 0 Å². The highest BCUT2D eigenvalue weighted by molar-refractivity contribution is 6.35. The van der Waals surface area contributed by atoms with Crippen molar-refractivity contribution in [2.45, 2.75) is 0 Å². The second kappa shape index (κ2) is 5.42. The van der Waals surface area contributed by atoms with Crippen molar-refractivity contribution in [2.75, 3.05) is 7.11 Å². The molecule has 0 saturated carbocycles. The van der Waals surface area contributed by atoms with Crippen molar-refractivity contribution in [1.29, 1.82) is 0 Å². The van der Waals surface area contributed by atoms with E-state index in [1.807, 2.05) is 0 Å². The topological polar surface area (TPSA) is 65.3 Å². The molecule has 1 heterocycles. The van der Waals surface area contributed by atoms with Gasteiger partial charge in [0.1, 0.15) is 6.20 Å². The van der Waals surface area contributed by atoms with Crippen LogP contribution in [0.5, 0.6) is 5.75 Å². The van der Waals surface area contributed by atoms with E-state index in [0.29, 0.717) is 21.2 Å². The van der Waals surface area contributed by atoms with E-state index in [-0.39, 0.29) is 11.6 Å². The second-order valence-electron chi connectivity index (χ2n) is 3.63. The van der Waals surface area contributed by atoms with Gasteiger partial charge in [-0.2, -0.15) is 0 Å². The summed E-state index contributed by atoms with van der Waals surface area (Å²) in [6.45, 7) is 0. The highest BCUT2D eigenvalue weighted by Gasteiger charge is 2.18. The molecular formula is C12H8Cl2N2O3. The van der Waals surface area contributed by atoms with Crippen molar-refractivity contribution >= 4 is 29.0 Å². The zero-order chi connectivity index (χ0) is 14.0. The molecule has 0 spiro atoms. The van der Waals surface area contributed by atoms with Crippen LogP contribution in [0.1, 0.15) is 0 Å². The summed E-state index contributed by atoms with van der Waals surface area (Å²) in [5, 5.41) is 11.8. The predicted molar refractivity (Wildman–Crippen MR) is 72.9 cm³/mol. The molecule has 1 aromatic carbocycles. The van der Waals surface area contributed by atoms with Crippen molar-refractivity contribution in [1.82, 2.24) is 4.98 Å². The fourth-order valence-corrected chi connectivity index (χ4v) is 1.99. The molecule has 0 amide bonds. The minimum absolute atomic E-state index is 0.0681. The summed E-state index contributed by atoms with van der Waals surface area (Å²) in [6, 6.07) is 6.46. The molecule has 0 atom stereocenters. The van der Waals surface area contributed by atoms with Crippen LogP contribution in [0.2, 0.25) is 10.0 Å². The van der Waals surface area contributed by atoms with Crippen molar-refractivity contribution in [3.05, 3.63) is 50.6 Å². The van der Waals surface area contributed by atoms with Gasteiger partial charge in [0.25, 0.3) is 0 Å². The zero-order valence-corrected chi connectivity index (χ0v) is 11.3. The van der Waals surface area contributed by atoms with Gasteiger partial charge >= 0.3 is 5.82 Å². The third kappa shape index (κ3) is 2.77. The van der Waals surface area contributed by atoms with Gasteiger partial charge in [-0.15, -0.1) is 0 Å². The maximum Gasteiger partial charge on any atom is 0.406 e. The first-order valence-electron chi connectivity index (χ1n) is 5.16. The van der Waals surface area contributed by atoms with E-state index in [9.17, 15) is 10.1 Å². The van der Waals surface area contributed by atoms with Crippen LogP contribution in [-0.2, 0) is 0 Å². The summed E-state index contributed by atoms with van der Waals surface area (Å²) in [7, 11) is 1.34. The minimum Gasteiger partial charge on any atom is -0.489 e. The number of halogens is 2. The van der Waals surface area contributed by atoms with Gasteiger partial charge in [0.15, 0.2) is 0 Å². The minimum atomic E-state index is -0.609. The van der Waals surface area contributed by atoms with E-state index >= 15 is 0 Å². The van der Waals surface area contributed by atoms with Crippen LogP contribution >= 0.6 is 23.2 Å². The van der Waals surface area contributed by atoms with Gasteiger partial charge in [-0.05, 0) is 28.1 Å². The first kappa shape index (κ1) is 13.6. The van der Waals surface area contributed by atoms with Gasteiger partial charge in [-0.1, -0.05) is 23.2 Å². The normalized spacial score (nSPS) is 10.3. The number of aromatic nitrogens is 1. The summed E-state index contributed by atoms with van der Waals surface area (Å²) < 4.78 is 4.96. The van der Waals surface area contributed by atoms with Gasteiger partial charge in [-0.25, -0.2) is 0 Å². The Labute approximate surface area is 118 Å². The number of hydrogen-bond donors (Lipinski definition) is 0. The van der Waals surface area contributed by atoms with Crippen LogP contribution in [0.3, 0.4) is 0 Å². The molecule has 0 aliphatic carbocycles. The van der Waals surface area contributed by atoms with Crippen LogP contribution in [0.15, 0.2) is 30.5 Å². The van der Waals surface area contributed by atoms with Crippen LogP contribution in [0.4, 0.5) is 5.82 Å². The molecule has 0 bridgehead atoms. The summed E-state index contributed by atoms with van der Waals surface area (Å²) >= 11 is 12.0. The number of pyridine rings is 1. The number of rotatable bonds is 3. The molecule has 2 aromatic rings. The molecule has 98 valence electrons. The molecule has 0 fully saturated rings. The second-order valence-corrected chi connectivity index (χ2v) is 4.47. The molecule has 7 heteroatoms. The molecule has 0 aliphatic heterocycles. The maximum atomic E-state index is 10.8. The quantitative estimate of drug-likeness (QED) is 0.635. The monoisotopic (exact) mass is 298 g/mol.